The monoisotopic (exact) mass is 347 g/mol. The van der Waals surface area contributed by atoms with Gasteiger partial charge in [-0.25, -0.2) is 14.8 Å². The maximum atomic E-state index is 12.6. The fourth-order valence-corrected chi connectivity index (χ4v) is 3.58. The van der Waals surface area contributed by atoms with E-state index in [1.165, 1.54) is 0 Å². The van der Waals surface area contributed by atoms with E-state index in [0.717, 1.165) is 51.5 Å². The summed E-state index contributed by atoms with van der Waals surface area (Å²) in [4.78, 5) is 25.7. The van der Waals surface area contributed by atoms with Gasteiger partial charge < -0.3 is 15.0 Å². The van der Waals surface area contributed by atoms with E-state index < -0.39 is 0 Å². The number of rotatable bonds is 4. The topological polar surface area (TPSA) is 70.6 Å². The number of carbonyl (C=O) groups excluding carboxylic acids is 1. The van der Waals surface area contributed by atoms with Crippen LogP contribution in [0, 0.1) is 5.92 Å². The van der Waals surface area contributed by atoms with Gasteiger partial charge in [-0.15, -0.1) is 0 Å². The number of ether oxygens (including phenoxy) is 1. The van der Waals surface area contributed by atoms with Crippen LogP contribution >= 0.6 is 0 Å². The highest BCUT2D eigenvalue weighted by molar-refractivity contribution is 5.89. The van der Waals surface area contributed by atoms with Crippen molar-refractivity contribution in [3.8, 4) is 0 Å². The molecule has 2 aliphatic rings. The highest BCUT2D eigenvalue weighted by Crippen LogP contribution is 2.23. The second-order valence-electron chi connectivity index (χ2n) is 7.46. The fraction of sp³-hybridized carbons (Fsp3) is 0.722. The summed E-state index contributed by atoms with van der Waals surface area (Å²) in [5.74, 6) is 1.33. The molecule has 138 valence electrons. The molecule has 25 heavy (non-hydrogen) atoms. The van der Waals surface area contributed by atoms with E-state index in [4.69, 9.17) is 4.74 Å². The number of likely N-dealkylation sites (tertiary alicyclic amines) is 1. The van der Waals surface area contributed by atoms with E-state index >= 15 is 0 Å². The van der Waals surface area contributed by atoms with Crippen LogP contribution in [0.2, 0.25) is 0 Å². The number of nitrogens with zero attached hydrogens (tertiary/aromatic N) is 4. The molecule has 3 rings (SSSR count). The molecule has 3 heterocycles. The van der Waals surface area contributed by atoms with E-state index in [2.05, 4.69) is 41.0 Å². The molecule has 1 N–H and O–H groups in total. The van der Waals surface area contributed by atoms with Crippen molar-refractivity contribution in [2.45, 2.75) is 45.7 Å². The number of amides is 2. The van der Waals surface area contributed by atoms with Crippen LogP contribution in [0.25, 0.3) is 0 Å². The number of morpholine rings is 1. The highest BCUT2D eigenvalue weighted by atomic mass is 16.5. The Morgan fingerprint density at radius 2 is 2.00 bits per heavy atom. The van der Waals surface area contributed by atoms with E-state index in [1.807, 2.05) is 4.90 Å². The Balaban J connectivity index is 1.55. The maximum Gasteiger partial charge on any atom is 0.322 e. The molecule has 2 atom stereocenters. The van der Waals surface area contributed by atoms with Crippen LogP contribution in [0.5, 0.6) is 0 Å². The second kappa shape index (κ2) is 8.10. The molecular weight excluding hydrogens is 318 g/mol. The zero-order valence-electron chi connectivity index (χ0n) is 15.4. The first-order valence-corrected chi connectivity index (χ1v) is 9.23. The van der Waals surface area contributed by atoms with Gasteiger partial charge in [0.1, 0.15) is 5.82 Å². The Hall–Kier alpha value is -1.73. The smallest absolute Gasteiger partial charge is 0.322 e. The molecule has 7 heteroatoms. The molecular formula is C18H29N5O2. The van der Waals surface area contributed by atoms with Gasteiger partial charge in [0.25, 0.3) is 0 Å². The molecule has 2 fully saturated rings. The van der Waals surface area contributed by atoms with Crippen LogP contribution in [0.4, 0.5) is 10.5 Å². The molecule has 0 aliphatic carbocycles. The highest BCUT2D eigenvalue weighted by Gasteiger charge is 2.36. The third-order valence-corrected chi connectivity index (χ3v) is 4.92. The van der Waals surface area contributed by atoms with Gasteiger partial charge in [-0.2, -0.15) is 0 Å². The molecule has 0 bridgehead atoms. The van der Waals surface area contributed by atoms with Crippen LogP contribution in [0.3, 0.4) is 0 Å². The van der Waals surface area contributed by atoms with Gasteiger partial charge in [-0.3, -0.25) is 4.90 Å². The first-order chi connectivity index (χ1) is 12.0. The fourth-order valence-electron chi connectivity index (χ4n) is 3.58. The van der Waals surface area contributed by atoms with Gasteiger partial charge >= 0.3 is 6.03 Å². The van der Waals surface area contributed by atoms with Crippen molar-refractivity contribution in [2.24, 2.45) is 5.92 Å². The summed E-state index contributed by atoms with van der Waals surface area (Å²) in [6.45, 7) is 10.6. The molecule has 0 aromatic carbocycles. The number of anilines is 1. The Morgan fingerprint density at radius 3 is 2.64 bits per heavy atom. The third kappa shape index (κ3) is 4.67. The average Bonchev–Trinajstić information content (AvgIpc) is 2.99. The van der Waals surface area contributed by atoms with E-state index in [0.29, 0.717) is 17.6 Å². The lowest BCUT2D eigenvalue weighted by atomic mass is 10.1. The summed E-state index contributed by atoms with van der Waals surface area (Å²) in [5.41, 5.74) is 0.652. The number of nitrogens with one attached hydrogen (secondary N) is 1. The molecule has 0 saturated carbocycles. The number of aromatic nitrogens is 2. The summed E-state index contributed by atoms with van der Waals surface area (Å²) < 4.78 is 5.42. The molecule has 2 saturated heterocycles. The van der Waals surface area contributed by atoms with Gasteiger partial charge in [-0.1, -0.05) is 13.8 Å². The summed E-state index contributed by atoms with van der Waals surface area (Å²) in [7, 11) is 0. The van der Waals surface area contributed by atoms with Crippen molar-refractivity contribution in [1.82, 2.24) is 19.8 Å². The van der Waals surface area contributed by atoms with Crippen molar-refractivity contribution in [3.63, 3.8) is 0 Å². The van der Waals surface area contributed by atoms with Gasteiger partial charge in [0.2, 0.25) is 0 Å². The molecule has 2 amide bonds. The predicted octanol–water partition coefficient (Wildman–Crippen LogP) is 2.00. The zero-order chi connectivity index (χ0) is 17.8. The molecule has 7 nitrogen and oxygen atoms in total. The van der Waals surface area contributed by atoms with Gasteiger partial charge in [0, 0.05) is 38.1 Å². The Bertz CT molecular complexity index is 571. The molecule has 0 spiro atoms. The number of hydrogen-bond donors (Lipinski definition) is 1. The zero-order valence-corrected chi connectivity index (χ0v) is 15.4. The first-order valence-electron chi connectivity index (χ1n) is 9.23. The first kappa shape index (κ1) is 18.1. The maximum absolute atomic E-state index is 12.6. The lowest BCUT2D eigenvalue weighted by Crippen LogP contribution is -2.45. The Morgan fingerprint density at radius 1 is 1.32 bits per heavy atom. The van der Waals surface area contributed by atoms with Crippen LogP contribution in [-0.4, -0.2) is 70.7 Å². The largest absolute Gasteiger partial charge is 0.379 e. The molecule has 1 aromatic rings. The normalized spacial score (nSPS) is 24.7. The third-order valence-electron chi connectivity index (χ3n) is 4.92. The minimum atomic E-state index is -0.0662. The lowest BCUT2D eigenvalue weighted by molar-refractivity contribution is 0.0191. The Labute approximate surface area is 149 Å². The van der Waals surface area contributed by atoms with Crippen molar-refractivity contribution >= 4 is 11.7 Å². The van der Waals surface area contributed by atoms with Gasteiger partial charge in [0.15, 0.2) is 0 Å². The molecule has 2 unspecified atom stereocenters. The van der Waals surface area contributed by atoms with E-state index in [1.54, 1.807) is 12.4 Å². The summed E-state index contributed by atoms with van der Waals surface area (Å²) in [6.07, 6.45) is 5.25. The minimum absolute atomic E-state index is 0.0662. The number of urea groups is 1. The molecule has 0 radical (unpaired) electrons. The van der Waals surface area contributed by atoms with Crippen molar-refractivity contribution in [2.75, 3.05) is 38.2 Å². The van der Waals surface area contributed by atoms with Crippen molar-refractivity contribution < 1.29 is 9.53 Å². The van der Waals surface area contributed by atoms with Gasteiger partial charge in [-0.05, 0) is 19.3 Å². The van der Waals surface area contributed by atoms with E-state index in [-0.39, 0.29) is 12.1 Å². The predicted molar refractivity (Wildman–Crippen MR) is 96.6 cm³/mol. The SMILES string of the molecule is CC(C)Cc1ncc(NC(=O)N2CC(N3CCOCC3)CC2C)cn1. The van der Waals surface area contributed by atoms with Crippen LogP contribution in [0.1, 0.15) is 33.0 Å². The molecule has 1 aromatic heterocycles. The van der Waals surface area contributed by atoms with Crippen LogP contribution in [0.15, 0.2) is 12.4 Å². The van der Waals surface area contributed by atoms with Crippen molar-refractivity contribution in [1.29, 1.82) is 0 Å². The Kier molecular flexibility index (Phi) is 5.86. The quantitative estimate of drug-likeness (QED) is 0.902. The minimum Gasteiger partial charge on any atom is -0.379 e. The summed E-state index contributed by atoms with van der Waals surface area (Å²) in [5, 5.41) is 2.94. The standard InChI is InChI=1S/C18H29N5O2/c1-13(2)8-17-19-10-15(11-20-17)21-18(24)23-12-16(9-14(23)3)22-4-6-25-7-5-22/h10-11,13-14,16H,4-9,12H2,1-3H3,(H,21,24). The number of carbonyl (C=O) groups is 1. The molecule has 2 aliphatic heterocycles. The van der Waals surface area contributed by atoms with Crippen LogP contribution < -0.4 is 5.32 Å². The van der Waals surface area contributed by atoms with Crippen LogP contribution in [-0.2, 0) is 11.2 Å². The lowest BCUT2D eigenvalue weighted by Gasteiger charge is -2.32. The van der Waals surface area contributed by atoms with Crippen molar-refractivity contribution in [3.05, 3.63) is 18.2 Å². The van der Waals surface area contributed by atoms with E-state index in [9.17, 15) is 4.79 Å². The number of hydrogen-bond acceptors (Lipinski definition) is 5. The summed E-state index contributed by atoms with van der Waals surface area (Å²) >= 11 is 0. The average molecular weight is 347 g/mol. The summed E-state index contributed by atoms with van der Waals surface area (Å²) in [6, 6.07) is 0.590. The van der Waals surface area contributed by atoms with Gasteiger partial charge in [0.05, 0.1) is 31.3 Å². The second-order valence-corrected chi connectivity index (χ2v) is 7.46.